The van der Waals surface area contributed by atoms with Crippen molar-refractivity contribution < 1.29 is 32.9 Å². The van der Waals surface area contributed by atoms with E-state index in [0.29, 0.717) is 6.61 Å². The van der Waals surface area contributed by atoms with Gasteiger partial charge in [0.05, 0.1) is 23.9 Å². The lowest BCUT2D eigenvalue weighted by Crippen LogP contribution is -2.39. The normalized spacial score (nSPS) is 16.6. The van der Waals surface area contributed by atoms with Crippen molar-refractivity contribution >= 4 is 5.91 Å². The smallest absolute Gasteiger partial charge is 0.396 e. The first kappa shape index (κ1) is 27.2. The largest absolute Gasteiger partial charge is 0.417 e. The number of alkyl halides is 3. The number of hydrogen-bond acceptors (Lipinski definition) is 5. The lowest BCUT2D eigenvalue weighted by Gasteiger charge is -2.21. The number of hydrogen-bond donors (Lipinski definition) is 3. The summed E-state index contributed by atoms with van der Waals surface area (Å²) in [4.78, 5) is 13.1. The van der Waals surface area contributed by atoms with Gasteiger partial charge in [0.1, 0.15) is 0 Å². The van der Waals surface area contributed by atoms with Gasteiger partial charge in [0.15, 0.2) is 12.0 Å². The van der Waals surface area contributed by atoms with Crippen LogP contribution in [0.3, 0.4) is 0 Å². The van der Waals surface area contributed by atoms with Crippen LogP contribution in [0.5, 0.6) is 0 Å². The van der Waals surface area contributed by atoms with Crippen LogP contribution in [0.15, 0.2) is 30.3 Å². The van der Waals surface area contributed by atoms with E-state index in [2.05, 4.69) is 10.4 Å². The zero-order valence-electron chi connectivity index (χ0n) is 20.1. The van der Waals surface area contributed by atoms with E-state index in [4.69, 9.17) is 4.74 Å². The zero-order valence-corrected chi connectivity index (χ0v) is 20.1. The molecule has 1 heterocycles. The number of nitrogens with zero attached hydrogens (tertiary/aromatic N) is 2. The average molecular weight is 498 g/mol. The molecule has 1 fully saturated rings. The molecule has 0 spiro atoms. The van der Waals surface area contributed by atoms with Crippen LogP contribution in [-0.2, 0) is 10.9 Å². The van der Waals surface area contributed by atoms with Crippen molar-refractivity contribution in [2.24, 2.45) is 5.92 Å². The van der Waals surface area contributed by atoms with E-state index in [1.54, 1.807) is 4.68 Å². The Hall–Kier alpha value is -2.43. The third-order valence-electron chi connectivity index (χ3n) is 6.07. The molecule has 0 saturated heterocycles. The molecule has 0 bridgehead atoms. The van der Waals surface area contributed by atoms with Crippen molar-refractivity contribution in [3.05, 3.63) is 41.6 Å². The molecule has 0 aliphatic heterocycles. The van der Waals surface area contributed by atoms with Gasteiger partial charge in [0.25, 0.3) is 5.91 Å². The number of rotatable bonds is 11. The third-order valence-corrected chi connectivity index (χ3v) is 6.07. The Kier molecular flexibility index (Phi) is 9.32. The van der Waals surface area contributed by atoms with Gasteiger partial charge < -0.3 is 20.3 Å². The van der Waals surface area contributed by atoms with Crippen LogP contribution in [-0.4, -0.2) is 51.4 Å². The van der Waals surface area contributed by atoms with Crippen molar-refractivity contribution in [3.63, 3.8) is 0 Å². The summed E-state index contributed by atoms with van der Waals surface area (Å²) in [6.45, 7) is 4.00. The number of carbonyl (C=O) groups excluding carboxylic acids is 1. The lowest BCUT2D eigenvalue weighted by atomic mass is 10.0. The summed E-state index contributed by atoms with van der Waals surface area (Å²) >= 11 is 0. The standard InChI is InChI=1S/C25H34F3N3O4/c1-16(2)15-35-23(33)13-17(11-12-32)29-24(34)21-14-22(31(30-21)18-7-3-4-8-18)19-9-5-6-10-20(19)25(26,27)28/h5-6,9-10,14,16-18,23,32-33H,3-4,7-8,11-13,15H2,1-2H3,(H,29,34)/t17-,23?/m0/s1. The first-order chi connectivity index (χ1) is 16.6. The van der Waals surface area contributed by atoms with E-state index < -0.39 is 30.0 Å². The van der Waals surface area contributed by atoms with Crippen molar-refractivity contribution in [1.29, 1.82) is 0 Å². The van der Waals surface area contributed by atoms with Gasteiger partial charge >= 0.3 is 6.18 Å². The fourth-order valence-corrected chi connectivity index (χ4v) is 4.37. The second-order valence-corrected chi connectivity index (χ2v) is 9.44. The third kappa shape index (κ3) is 7.28. The molecule has 7 nitrogen and oxygen atoms in total. The highest BCUT2D eigenvalue weighted by Crippen LogP contribution is 2.40. The molecule has 1 aliphatic rings. The Labute approximate surface area is 203 Å². The topological polar surface area (TPSA) is 96.6 Å². The van der Waals surface area contributed by atoms with Gasteiger partial charge in [0.2, 0.25) is 0 Å². The van der Waals surface area contributed by atoms with Crippen molar-refractivity contribution in [1.82, 2.24) is 15.1 Å². The first-order valence-electron chi connectivity index (χ1n) is 12.1. The van der Waals surface area contributed by atoms with Gasteiger partial charge in [-0.2, -0.15) is 18.3 Å². The predicted molar refractivity (Wildman–Crippen MR) is 125 cm³/mol. The van der Waals surface area contributed by atoms with Gasteiger partial charge in [-0.15, -0.1) is 0 Å². The van der Waals surface area contributed by atoms with Crippen molar-refractivity contribution in [3.8, 4) is 11.3 Å². The second-order valence-electron chi connectivity index (χ2n) is 9.44. The summed E-state index contributed by atoms with van der Waals surface area (Å²) in [5.74, 6) is -0.366. The molecule has 3 rings (SSSR count). The van der Waals surface area contributed by atoms with Gasteiger partial charge in [-0.3, -0.25) is 9.48 Å². The van der Waals surface area contributed by atoms with Crippen molar-refractivity contribution in [2.45, 2.75) is 76.9 Å². The molecule has 35 heavy (non-hydrogen) atoms. The molecular formula is C25H34F3N3O4. The van der Waals surface area contributed by atoms with Gasteiger partial charge in [-0.05, 0) is 37.3 Å². The predicted octanol–water partition coefficient (Wildman–Crippen LogP) is 4.55. The van der Waals surface area contributed by atoms with Crippen LogP contribution in [0.4, 0.5) is 13.2 Å². The maximum atomic E-state index is 13.7. The van der Waals surface area contributed by atoms with E-state index in [0.717, 1.165) is 31.7 Å². The molecule has 1 saturated carbocycles. The van der Waals surface area contributed by atoms with Crippen LogP contribution in [0.1, 0.15) is 74.5 Å². The van der Waals surface area contributed by atoms with Crippen LogP contribution < -0.4 is 5.32 Å². The molecule has 10 heteroatoms. The van der Waals surface area contributed by atoms with Crippen LogP contribution in [0.25, 0.3) is 11.3 Å². The minimum atomic E-state index is -4.55. The van der Waals surface area contributed by atoms with Crippen LogP contribution in [0, 0.1) is 5.92 Å². The summed E-state index contributed by atoms with van der Waals surface area (Å²) in [6, 6.07) is 5.99. The Morgan fingerprint density at radius 2 is 1.94 bits per heavy atom. The first-order valence-corrected chi connectivity index (χ1v) is 12.1. The molecule has 1 aromatic heterocycles. The summed E-state index contributed by atoms with van der Waals surface area (Å²) in [6.07, 6.45) is -2.00. The molecule has 1 aliphatic carbocycles. The molecule has 194 valence electrons. The molecule has 2 atom stereocenters. The van der Waals surface area contributed by atoms with Crippen LogP contribution in [0.2, 0.25) is 0 Å². The summed E-state index contributed by atoms with van der Waals surface area (Å²) < 4.78 is 48.1. The van der Waals surface area contributed by atoms with E-state index in [1.165, 1.54) is 24.3 Å². The number of halogens is 3. The number of aliphatic hydroxyl groups is 2. The summed E-state index contributed by atoms with van der Waals surface area (Å²) in [7, 11) is 0. The molecule has 3 N–H and O–H groups in total. The number of benzene rings is 1. The Balaban J connectivity index is 1.88. The van der Waals surface area contributed by atoms with Crippen LogP contribution >= 0.6 is 0 Å². The number of ether oxygens (including phenoxy) is 1. The zero-order chi connectivity index (χ0) is 25.6. The fourth-order valence-electron chi connectivity index (χ4n) is 4.37. The minimum absolute atomic E-state index is 0.00981. The quantitative estimate of drug-likeness (QED) is 0.396. The average Bonchev–Trinajstić information content (AvgIpc) is 3.47. The summed E-state index contributed by atoms with van der Waals surface area (Å²) in [5, 5.41) is 26.7. The Morgan fingerprint density at radius 3 is 2.57 bits per heavy atom. The number of aliphatic hydroxyl groups excluding tert-OH is 2. The monoisotopic (exact) mass is 497 g/mol. The molecule has 1 aromatic carbocycles. The van der Waals surface area contributed by atoms with E-state index >= 15 is 0 Å². The van der Waals surface area contributed by atoms with E-state index in [1.807, 2.05) is 13.8 Å². The van der Waals surface area contributed by atoms with E-state index in [9.17, 15) is 28.2 Å². The second kappa shape index (κ2) is 12.0. The highest BCUT2D eigenvalue weighted by Gasteiger charge is 2.35. The number of carbonyl (C=O) groups is 1. The molecule has 1 amide bonds. The fraction of sp³-hybridized carbons (Fsp3) is 0.600. The maximum absolute atomic E-state index is 13.7. The highest BCUT2D eigenvalue weighted by atomic mass is 19.4. The number of nitrogens with one attached hydrogen (secondary N) is 1. The van der Waals surface area contributed by atoms with E-state index in [-0.39, 0.29) is 48.4 Å². The molecular weight excluding hydrogens is 463 g/mol. The minimum Gasteiger partial charge on any atom is -0.396 e. The molecule has 2 aromatic rings. The summed E-state index contributed by atoms with van der Waals surface area (Å²) in [5.41, 5.74) is -0.573. The van der Waals surface area contributed by atoms with Gasteiger partial charge in [-0.25, -0.2) is 0 Å². The Morgan fingerprint density at radius 1 is 1.26 bits per heavy atom. The highest BCUT2D eigenvalue weighted by molar-refractivity contribution is 5.93. The maximum Gasteiger partial charge on any atom is 0.417 e. The van der Waals surface area contributed by atoms with Gasteiger partial charge in [0, 0.05) is 24.6 Å². The number of amides is 1. The Bertz CT molecular complexity index is 971. The SMILES string of the molecule is CC(C)COC(O)C[C@H](CCO)NC(=O)c1cc(-c2ccccc2C(F)(F)F)n(C2CCCC2)n1. The van der Waals surface area contributed by atoms with Gasteiger partial charge in [-0.1, -0.05) is 44.9 Å². The molecule has 0 radical (unpaired) electrons. The van der Waals surface area contributed by atoms with Crippen molar-refractivity contribution in [2.75, 3.05) is 13.2 Å². The lowest BCUT2D eigenvalue weighted by molar-refractivity contribution is -0.137. The molecule has 1 unspecified atom stereocenters. The number of aromatic nitrogens is 2.